The molecule has 37 heavy (non-hydrogen) atoms. The number of nitrogens with one attached hydrogen (secondary N) is 2. The summed E-state index contributed by atoms with van der Waals surface area (Å²) in [5.41, 5.74) is 3.44. The van der Waals surface area contributed by atoms with Crippen molar-refractivity contribution < 1.29 is 9.59 Å². The first-order valence-corrected chi connectivity index (χ1v) is 12.1. The molecule has 0 unspecified atom stereocenters. The van der Waals surface area contributed by atoms with Crippen molar-refractivity contribution in [3.8, 4) is 11.8 Å². The number of carbonyl (C=O) groups excluding carboxylic acids is 2. The van der Waals surface area contributed by atoms with Crippen LogP contribution in [0.5, 0.6) is 0 Å². The minimum Gasteiger partial charge on any atom is -0.314 e. The Hall–Kier alpha value is -4.16. The van der Waals surface area contributed by atoms with Gasteiger partial charge in [-0.15, -0.1) is 0 Å². The monoisotopic (exact) mass is 501 g/mol. The lowest BCUT2D eigenvalue weighted by Crippen LogP contribution is -2.43. The lowest BCUT2D eigenvalue weighted by molar-refractivity contribution is -0.116. The molecule has 194 valence electrons. The van der Waals surface area contributed by atoms with Crippen molar-refractivity contribution in [3.63, 3.8) is 0 Å². The van der Waals surface area contributed by atoms with Gasteiger partial charge in [0.2, 0.25) is 5.91 Å². The molecule has 9 nitrogen and oxygen atoms in total. The third-order valence-electron chi connectivity index (χ3n) is 5.77. The van der Waals surface area contributed by atoms with Gasteiger partial charge in [0.15, 0.2) is 0 Å². The number of para-hydroxylation sites is 1. The third-order valence-corrected chi connectivity index (χ3v) is 5.77. The minimum atomic E-state index is -0.421. The van der Waals surface area contributed by atoms with Crippen molar-refractivity contribution in [2.45, 2.75) is 33.1 Å². The van der Waals surface area contributed by atoms with Gasteiger partial charge in [0.05, 0.1) is 23.0 Å². The third kappa shape index (κ3) is 7.41. The first-order chi connectivity index (χ1) is 17.5. The fourth-order valence-electron chi connectivity index (χ4n) is 3.62. The molecule has 0 aliphatic heterocycles. The zero-order valence-corrected chi connectivity index (χ0v) is 22.4. The van der Waals surface area contributed by atoms with Gasteiger partial charge in [-0.25, -0.2) is 9.48 Å². The fraction of sp³-hybridized carbons (Fsp3) is 0.357. The van der Waals surface area contributed by atoms with E-state index >= 15 is 0 Å². The number of hydrogen-bond acceptors (Lipinski definition) is 5. The van der Waals surface area contributed by atoms with Crippen molar-refractivity contribution in [2.24, 2.45) is 0 Å². The molecule has 3 aromatic rings. The number of nitriles is 1. The van der Waals surface area contributed by atoms with Crippen LogP contribution < -0.4 is 10.6 Å². The van der Waals surface area contributed by atoms with Gasteiger partial charge in [-0.1, -0.05) is 45.0 Å². The van der Waals surface area contributed by atoms with Gasteiger partial charge in [-0.2, -0.15) is 10.4 Å². The minimum absolute atomic E-state index is 0.151. The fourth-order valence-corrected chi connectivity index (χ4v) is 3.62. The molecule has 1 aromatic heterocycles. The number of urea groups is 1. The Morgan fingerprint density at radius 3 is 2.41 bits per heavy atom. The largest absolute Gasteiger partial charge is 0.322 e. The van der Waals surface area contributed by atoms with Crippen LogP contribution in [0.15, 0.2) is 54.6 Å². The molecule has 2 N–H and O–H groups in total. The van der Waals surface area contributed by atoms with Gasteiger partial charge < -0.3 is 20.4 Å². The summed E-state index contributed by atoms with van der Waals surface area (Å²) in [7, 11) is 3.81. The molecular weight excluding hydrogens is 466 g/mol. The van der Waals surface area contributed by atoms with E-state index in [-0.39, 0.29) is 17.9 Å². The summed E-state index contributed by atoms with van der Waals surface area (Å²) in [6, 6.07) is 18.0. The van der Waals surface area contributed by atoms with Gasteiger partial charge >= 0.3 is 6.03 Å². The average molecular weight is 502 g/mol. The highest BCUT2D eigenvalue weighted by Gasteiger charge is 2.23. The highest BCUT2D eigenvalue weighted by atomic mass is 16.2. The maximum Gasteiger partial charge on any atom is 0.322 e. The van der Waals surface area contributed by atoms with E-state index in [0.29, 0.717) is 30.2 Å². The van der Waals surface area contributed by atoms with Crippen molar-refractivity contribution in [2.75, 3.05) is 44.4 Å². The number of anilines is 2. The Balaban J connectivity index is 1.83. The summed E-state index contributed by atoms with van der Waals surface area (Å²) >= 11 is 0. The molecule has 0 bridgehead atoms. The Bertz CT molecular complexity index is 1300. The number of nitrogens with zero attached hydrogens (tertiary/aromatic N) is 5. The molecule has 0 saturated carbocycles. The van der Waals surface area contributed by atoms with E-state index in [0.717, 1.165) is 16.9 Å². The van der Waals surface area contributed by atoms with Crippen molar-refractivity contribution in [1.29, 1.82) is 5.26 Å². The van der Waals surface area contributed by atoms with Crippen LogP contribution in [0.2, 0.25) is 0 Å². The summed E-state index contributed by atoms with van der Waals surface area (Å²) in [6.07, 6.45) is 0. The van der Waals surface area contributed by atoms with Gasteiger partial charge in [0.1, 0.15) is 12.4 Å². The quantitative estimate of drug-likeness (QED) is 0.476. The zero-order valence-electron chi connectivity index (χ0n) is 22.4. The molecule has 3 rings (SSSR count). The molecular formula is C28H35N7O2. The molecule has 0 aliphatic rings. The van der Waals surface area contributed by atoms with E-state index in [1.807, 2.05) is 56.3 Å². The van der Waals surface area contributed by atoms with E-state index in [9.17, 15) is 9.59 Å². The lowest BCUT2D eigenvalue weighted by atomic mass is 9.92. The SMILES string of the molecule is Cc1ccccc1-n1nc(C(C)(C)C)cc1NC(=O)CN(CCN(C)C)C(=O)Nc1cccc(C#N)c1. The highest BCUT2D eigenvalue weighted by Crippen LogP contribution is 2.27. The Morgan fingerprint density at radius 1 is 1.03 bits per heavy atom. The smallest absolute Gasteiger partial charge is 0.314 e. The van der Waals surface area contributed by atoms with Crippen LogP contribution in [0.4, 0.5) is 16.3 Å². The normalized spacial score (nSPS) is 11.2. The number of amides is 3. The zero-order chi connectivity index (χ0) is 27.2. The summed E-state index contributed by atoms with van der Waals surface area (Å²) in [6.45, 7) is 8.96. The second-order valence-electron chi connectivity index (χ2n) is 10.3. The van der Waals surface area contributed by atoms with Gasteiger partial charge in [0.25, 0.3) is 0 Å². The van der Waals surface area contributed by atoms with Crippen LogP contribution >= 0.6 is 0 Å². The van der Waals surface area contributed by atoms with Crippen molar-refractivity contribution >= 4 is 23.4 Å². The number of likely N-dealkylation sites (N-methyl/N-ethyl adjacent to an activating group) is 1. The van der Waals surface area contributed by atoms with Crippen molar-refractivity contribution in [1.82, 2.24) is 19.6 Å². The van der Waals surface area contributed by atoms with E-state index in [2.05, 4.69) is 37.5 Å². The molecule has 0 radical (unpaired) electrons. The Morgan fingerprint density at radius 2 is 1.76 bits per heavy atom. The van der Waals surface area contributed by atoms with Crippen LogP contribution in [0.1, 0.15) is 37.6 Å². The summed E-state index contributed by atoms with van der Waals surface area (Å²) in [4.78, 5) is 29.7. The number of benzene rings is 2. The Kier molecular flexibility index (Phi) is 8.69. The molecule has 0 atom stereocenters. The molecule has 1 heterocycles. The number of aryl methyl sites for hydroxylation is 1. The lowest BCUT2D eigenvalue weighted by Gasteiger charge is -2.24. The van der Waals surface area contributed by atoms with Crippen molar-refractivity contribution in [3.05, 3.63) is 71.4 Å². The van der Waals surface area contributed by atoms with Gasteiger partial charge in [0, 0.05) is 30.3 Å². The molecule has 0 saturated heterocycles. The molecule has 0 spiro atoms. The Labute approximate surface area is 218 Å². The predicted molar refractivity (Wildman–Crippen MR) is 146 cm³/mol. The maximum absolute atomic E-state index is 13.2. The van der Waals surface area contributed by atoms with Crippen LogP contribution in [-0.4, -0.2) is 65.2 Å². The molecule has 9 heteroatoms. The standard InChI is InChI=1S/C28H35N7O2/c1-20-10-7-8-13-23(20)35-25(17-24(32-35)28(2,3)4)31-26(36)19-34(15-14-33(5)6)27(37)30-22-12-9-11-21(16-22)18-29/h7-13,16-17H,14-15,19H2,1-6H3,(H,30,37)(H,31,36). The second kappa shape index (κ2) is 11.7. The molecule has 0 fully saturated rings. The van der Waals surface area contributed by atoms with Crippen LogP contribution in [-0.2, 0) is 10.2 Å². The topological polar surface area (TPSA) is 106 Å². The molecule has 0 aliphatic carbocycles. The van der Waals surface area contributed by atoms with Crippen LogP contribution in [0.25, 0.3) is 5.69 Å². The predicted octanol–water partition coefficient (Wildman–Crippen LogP) is 4.38. The summed E-state index contributed by atoms with van der Waals surface area (Å²) < 4.78 is 1.74. The number of rotatable bonds is 8. The summed E-state index contributed by atoms with van der Waals surface area (Å²) in [5.74, 6) is 0.203. The van der Waals surface area contributed by atoms with E-state index < -0.39 is 6.03 Å². The van der Waals surface area contributed by atoms with E-state index in [1.165, 1.54) is 4.90 Å². The van der Waals surface area contributed by atoms with E-state index in [1.54, 1.807) is 28.9 Å². The molecule has 3 amide bonds. The number of carbonyl (C=O) groups is 2. The first-order valence-electron chi connectivity index (χ1n) is 12.1. The first kappa shape index (κ1) is 27.4. The maximum atomic E-state index is 13.2. The van der Waals surface area contributed by atoms with Gasteiger partial charge in [-0.3, -0.25) is 4.79 Å². The van der Waals surface area contributed by atoms with Gasteiger partial charge in [-0.05, 0) is 50.8 Å². The average Bonchev–Trinajstić information content (AvgIpc) is 3.26. The molecule has 2 aromatic carbocycles. The van der Waals surface area contributed by atoms with Crippen LogP contribution in [0.3, 0.4) is 0 Å². The second-order valence-corrected chi connectivity index (χ2v) is 10.3. The summed E-state index contributed by atoms with van der Waals surface area (Å²) in [5, 5.41) is 19.7. The number of aromatic nitrogens is 2. The number of hydrogen-bond donors (Lipinski definition) is 2. The van der Waals surface area contributed by atoms with Crippen LogP contribution in [0, 0.1) is 18.3 Å². The van der Waals surface area contributed by atoms with E-state index in [4.69, 9.17) is 10.4 Å². The highest BCUT2D eigenvalue weighted by molar-refractivity contribution is 5.97.